The molecule has 0 saturated heterocycles. The number of anilines is 1. The smallest absolute Gasteiger partial charge is 0.271 e. The molecule has 1 atom stereocenters. The molecule has 90 valence electrons. The Bertz CT molecular complexity index is 399. The van der Waals surface area contributed by atoms with Crippen LogP contribution in [0.5, 0.6) is 0 Å². The van der Waals surface area contributed by atoms with Gasteiger partial charge >= 0.3 is 0 Å². The molecule has 0 radical (unpaired) electrons. The van der Waals surface area contributed by atoms with E-state index < -0.39 is 0 Å². The number of alkyl halides is 1. The molecule has 0 spiro atoms. The Labute approximate surface area is 107 Å². The number of nitrogens with one attached hydrogen (secondary N) is 1. The highest BCUT2D eigenvalue weighted by Crippen LogP contribution is 2.17. The third-order valence-corrected chi connectivity index (χ3v) is 2.85. The number of ether oxygens (including phenoxy) is 1. The number of hydrogen-bond donors (Lipinski definition) is 1. The van der Waals surface area contributed by atoms with Gasteiger partial charge in [0.25, 0.3) is 5.56 Å². The molecule has 1 unspecified atom stereocenters. The summed E-state index contributed by atoms with van der Waals surface area (Å²) < 4.78 is 5.00. The maximum absolute atomic E-state index is 11.3. The van der Waals surface area contributed by atoms with E-state index in [0.717, 1.165) is 0 Å². The number of hydrogen-bond acceptors (Lipinski definition) is 4. The molecule has 0 fully saturated rings. The Balaban J connectivity index is 2.76. The SMILES string of the molecule is COCC(Br)CN(C)c1nc[nH]c(=O)c1Cl. The van der Waals surface area contributed by atoms with E-state index in [2.05, 4.69) is 25.9 Å². The molecular weight excluding hydrogens is 297 g/mol. The highest BCUT2D eigenvalue weighted by molar-refractivity contribution is 9.09. The second-order valence-electron chi connectivity index (χ2n) is 3.30. The molecule has 0 aliphatic carbocycles. The van der Waals surface area contributed by atoms with Gasteiger partial charge in [-0.05, 0) is 0 Å². The van der Waals surface area contributed by atoms with E-state index in [1.54, 1.807) is 12.0 Å². The van der Waals surface area contributed by atoms with Crippen molar-refractivity contribution in [3.05, 3.63) is 21.7 Å². The summed E-state index contributed by atoms with van der Waals surface area (Å²) in [4.78, 5) is 19.7. The number of aromatic amines is 1. The third kappa shape index (κ3) is 3.47. The number of H-pyrrole nitrogens is 1. The number of halogens is 2. The van der Waals surface area contributed by atoms with Crippen LogP contribution in [-0.2, 0) is 4.74 Å². The van der Waals surface area contributed by atoms with Crippen LogP contribution >= 0.6 is 27.5 Å². The molecule has 7 heteroatoms. The van der Waals surface area contributed by atoms with Crippen LogP contribution in [0.15, 0.2) is 11.1 Å². The van der Waals surface area contributed by atoms with Gasteiger partial charge in [0.15, 0.2) is 5.82 Å². The van der Waals surface area contributed by atoms with Crippen molar-refractivity contribution in [3.8, 4) is 0 Å². The van der Waals surface area contributed by atoms with Crippen LogP contribution in [0.3, 0.4) is 0 Å². The number of nitrogens with zero attached hydrogens (tertiary/aromatic N) is 2. The van der Waals surface area contributed by atoms with E-state index in [9.17, 15) is 4.79 Å². The van der Waals surface area contributed by atoms with Crippen LogP contribution in [0.1, 0.15) is 0 Å². The van der Waals surface area contributed by atoms with E-state index >= 15 is 0 Å². The van der Waals surface area contributed by atoms with Crippen molar-refractivity contribution in [3.63, 3.8) is 0 Å². The summed E-state index contributed by atoms with van der Waals surface area (Å²) in [5, 5.41) is 0.0992. The molecule has 5 nitrogen and oxygen atoms in total. The summed E-state index contributed by atoms with van der Waals surface area (Å²) in [6.07, 6.45) is 1.33. The van der Waals surface area contributed by atoms with Crippen LogP contribution in [-0.4, -0.2) is 42.1 Å². The lowest BCUT2D eigenvalue weighted by Gasteiger charge is -2.21. The van der Waals surface area contributed by atoms with Gasteiger partial charge in [-0.2, -0.15) is 0 Å². The Kier molecular flexibility index (Phi) is 5.24. The molecule has 1 rings (SSSR count). The monoisotopic (exact) mass is 309 g/mol. The predicted octanol–water partition coefficient (Wildman–Crippen LogP) is 1.27. The second-order valence-corrected chi connectivity index (χ2v) is 4.98. The molecule has 1 aromatic rings. The minimum atomic E-state index is -0.337. The minimum Gasteiger partial charge on any atom is -0.383 e. The normalized spacial score (nSPS) is 12.5. The van der Waals surface area contributed by atoms with Gasteiger partial charge in [-0.25, -0.2) is 4.98 Å². The van der Waals surface area contributed by atoms with E-state index in [1.807, 2.05) is 7.05 Å². The molecule has 0 aliphatic rings. The Hall–Kier alpha value is -0.590. The zero-order valence-electron chi connectivity index (χ0n) is 9.04. The van der Waals surface area contributed by atoms with Gasteiger partial charge in [0.05, 0.1) is 17.8 Å². The van der Waals surface area contributed by atoms with Crippen molar-refractivity contribution in [2.75, 3.05) is 32.2 Å². The fourth-order valence-corrected chi connectivity index (χ4v) is 2.20. The van der Waals surface area contributed by atoms with E-state index in [4.69, 9.17) is 16.3 Å². The summed E-state index contributed by atoms with van der Waals surface area (Å²) in [6, 6.07) is 0. The zero-order valence-corrected chi connectivity index (χ0v) is 11.4. The molecule has 0 aliphatic heterocycles. The summed E-state index contributed by atoms with van der Waals surface area (Å²) in [6.45, 7) is 1.22. The molecule has 1 N–H and O–H groups in total. The summed E-state index contributed by atoms with van der Waals surface area (Å²) >= 11 is 9.31. The molecule has 1 heterocycles. The summed E-state index contributed by atoms with van der Waals surface area (Å²) in [5.41, 5.74) is -0.337. The predicted molar refractivity (Wildman–Crippen MR) is 67.7 cm³/mol. The number of methoxy groups -OCH3 is 1. The largest absolute Gasteiger partial charge is 0.383 e. The Morgan fingerprint density at radius 2 is 2.44 bits per heavy atom. The fraction of sp³-hybridized carbons (Fsp3) is 0.556. The summed E-state index contributed by atoms with van der Waals surface area (Å²) in [5.74, 6) is 0.464. The standard InChI is InChI=1S/C9H13BrClN3O2/c1-14(3-6(10)4-16-2)8-7(11)9(15)13-5-12-8/h5-6H,3-4H2,1-2H3,(H,12,13,15). The lowest BCUT2D eigenvalue weighted by Crippen LogP contribution is -2.30. The highest BCUT2D eigenvalue weighted by Gasteiger charge is 2.14. The van der Waals surface area contributed by atoms with E-state index in [-0.39, 0.29) is 15.4 Å². The third-order valence-electron chi connectivity index (χ3n) is 1.96. The van der Waals surface area contributed by atoms with Crippen molar-refractivity contribution in [1.82, 2.24) is 9.97 Å². The van der Waals surface area contributed by atoms with Gasteiger partial charge in [0, 0.05) is 20.7 Å². The Morgan fingerprint density at radius 3 is 3.06 bits per heavy atom. The minimum absolute atomic E-state index is 0.0992. The van der Waals surface area contributed by atoms with Crippen LogP contribution < -0.4 is 10.5 Å². The van der Waals surface area contributed by atoms with Gasteiger partial charge in [-0.15, -0.1) is 0 Å². The van der Waals surface area contributed by atoms with Crippen molar-refractivity contribution in [2.45, 2.75) is 4.83 Å². The average molecular weight is 311 g/mol. The van der Waals surface area contributed by atoms with Crippen LogP contribution in [0, 0.1) is 0 Å². The molecular formula is C9H13BrClN3O2. The van der Waals surface area contributed by atoms with Gasteiger partial charge < -0.3 is 14.6 Å². The average Bonchev–Trinajstić information content (AvgIpc) is 2.22. The molecule has 0 bridgehead atoms. The first-order valence-electron chi connectivity index (χ1n) is 4.63. The number of aromatic nitrogens is 2. The maximum Gasteiger partial charge on any atom is 0.271 e. The van der Waals surface area contributed by atoms with Crippen molar-refractivity contribution < 1.29 is 4.74 Å². The van der Waals surface area contributed by atoms with Crippen LogP contribution in [0.4, 0.5) is 5.82 Å². The van der Waals surface area contributed by atoms with Crippen molar-refractivity contribution in [1.29, 1.82) is 0 Å². The fourth-order valence-electron chi connectivity index (χ4n) is 1.26. The van der Waals surface area contributed by atoms with Gasteiger partial charge in [0.2, 0.25) is 0 Å². The van der Waals surface area contributed by atoms with Gasteiger partial charge in [-0.3, -0.25) is 4.79 Å². The highest BCUT2D eigenvalue weighted by atomic mass is 79.9. The molecule has 16 heavy (non-hydrogen) atoms. The molecule has 0 amide bonds. The van der Waals surface area contributed by atoms with Gasteiger partial charge in [0.1, 0.15) is 5.02 Å². The lowest BCUT2D eigenvalue weighted by molar-refractivity contribution is 0.201. The number of rotatable bonds is 5. The molecule has 0 aromatic carbocycles. The molecule has 0 saturated carbocycles. The Morgan fingerprint density at radius 1 is 1.75 bits per heavy atom. The second kappa shape index (κ2) is 6.22. The van der Waals surface area contributed by atoms with Crippen molar-refractivity contribution >= 4 is 33.3 Å². The topological polar surface area (TPSA) is 58.2 Å². The first-order valence-corrected chi connectivity index (χ1v) is 5.93. The van der Waals surface area contributed by atoms with Crippen LogP contribution in [0.2, 0.25) is 5.02 Å². The first-order chi connectivity index (χ1) is 7.56. The van der Waals surface area contributed by atoms with Gasteiger partial charge in [-0.1, -0.05) is 27.5 Å². The zero-order chi connectivity index (χ0) is 12.1. The van der Waals surface area contributed by atoms with E-state index in [1.165, 1.54) is 6.33 Å². The van der Waals surface area contributed by atoms with Crippen molar-refractivity contribution in [2.24, 2.45) is 0 Å². The molecule has 1 aromatic heterocycles. The quantitative estimate of drug-likeness (QED) is 0.832. The first kappa shape index (κ1) is 13.5. The summed E-state index contributed by atoms with van der Waals surface area (Å²) in [7, 11) is 3.45. The maximum atomic E-state index is 11.3. The van der Waals surface area contributed by atoms with Crippen LogP contribution in [0.25, 0.3) is 0 Å². The lowest BCUT2D eigenvalue weighted by atomic mass is 10.4. The van der Waals surface area contributed by atoms with E-state index in [0.29, 0.717) is 19.0 Å².